The van der Waals surface area contributed by atoms with Crippen molar-refractivity contribution in [3.05, 3.63) is 66.0 Å². The number of fused-ring (bicyclic) bond motifs is 1. The fourth-order valence-electron chi connectivity index (χ4n) is 3.38. The summed E-state index contributed by atoms with van der Waals surface area (Å²) in [4.78, 5) is 23.1. The van der Waals surface area contributed by atoms with Crippen LogP contribution in [-0.4, -0.2) is 39.9 Å². The summed E-state index contributed by atoms with van der Waals surface area (Å²) in [6.45, 7) is 1.16. The van der Waals surface area contributed by atoms with Crippen LogP contribution in [-0.2, 0) is 0 Å². The molecule has 5 nitrogen and oxygen atoms in total. The van der Waals surface area contributed by atoms with E-state index in [1.807, 2.05) is 0 Å². The van der Waals surface area contributed by atoms with Crippen molar-refractivity contribution in [2.24, 2.45) is 0 Å². The van der Waals surface area contributed by atoms with Crippen LogP contribution in [0.5, 0.6) is 0 Å². The molecule has 2 heterocycles. The van der Waals surface area contributed by atoms with Crippen LogP contribution in [0.15, 0.2) is 48.8 Å². The van der Waals surface area contributed by atoms with Gasteiger partial charge in [0.1, 0.15) is 0 Å². The Labute approximate surface area is 155 Å². The monoisotopic (exact) mass is 368 g/mol. The summed E-state index contributed by atoms with van der Waals surface area (Å²) in [7, 11) is 0. The van der Waals surface area contributed by atoms with Crippen LogP contribution in [0.1, 0.15) is 23.2 Å². The Kier molecular flexibility index (Phi) is 4.66. The standard InChI is InChI=1S/C20H18F2N4O/c21-16-5-4-14(11-17(16)22)25-15-2-1-9-26(12-15)20(27)13-3-6-18-19(10-13)24-8-7-23-18/h3-8,10-11,15,25H,1-2,9,12H2/t15-/m1/s1. The summed E-state index contributed by atoms with van der Waals surface area (Å²) in [6, 6.07) is 9.01. The number of hydrogen-bond donors (Lipinski definition) is 1. The number of halogens is 2. The van der Waals surface area contributed by atoms with Crippen LogP contribution >= 0.6 is 0 Å². The third-order valence-electron chi connectivity index (χ3n) is 4.72. The van der Waals surface area contributed by atoms with Gasteiger partial charge in [0.2, 0.25) is 0 Å². The predicted molar refractivity (Wildman–Crippen MR) is 98.4 cm³/mol. The second-order valence-corrected chi connectivity index (χ2v) is 6.62. The number of nitrogens with zero attached hydrogens (tertiary/aromatic N) is 3. The number of piperidine rings is 1. The topological polar surface area (TPSA) is 58.1 Å². The normalized spacial score (nSPS) is 17.1. The molecule has 0 spiro atoms. The zero-order valence-electron chi connectivity index (χ0n) is 14.5. The maximum atomic E-state index is 13.4. The molecule has 1 N–H and O–H groups in total. The quantitative estimate of drug-likeness (QED) is 0.767. The highest BCUT2D eigenvalue weighted by Crippen LogP contribution is 2.20. The number of anilines is 1. The first-order valence-corrected chi connectivity index (χ1v) is 8.82. The first-order valence-electron chi connectivity index (χ1n) is 8.82. The maximum Gasteiger partial charge on any atom is 0.254 e. The largest absolute Gasteiger partial charge is 0.380 e. The average Bonchev–Trinajstić information content (AvgIpc) is 2.70. The van der Waals surface area contributed by atoms with Gasteiger partial charge in [0.25, 0.3) is 5.91 Å². The van der Waals surface area contributed by atoms with Gasteiger partial charge < -0.3 is 10.2 Å². The molecule has 0 saturated carbocycles. The third-order valence-corrected chi connectivity index (χ3v) is 4.72. The molecule has 4 rings (SSSR count). The second kappa shape index (κ2) is 7.26. The van der Waals surface area contributed by atoms with Gasteiger partial charge in [-0.2, -0.15) is 0 Å². The number of rotatable bonds is 3. The second-order valence-electron chi connectivity index (χ2n) is 6.62. The SMILES string of the molecule is O=C(c1ccc2nccnc2c1)N1CCC[C@@H](Nc2ccc(F)c(F)c2)C1. The molecular weight excluding hydrogens is 350 g/mol. The van der Waals surface area contributed by atoms with E-state index in [0.29, 0.717) is 29.9 Å². The van der Waals surface area contributed by atoms with Crippen molar-refractivity contribution in [3.63, 3.8) is 0 Å². The number of nitrogens with one attached hydrogen (secondary N) is 1. The number of hydrogen-bond acceptors (Lipinski definition) is 4. The van der Waals surface area contributed by atoms with E-state index in [9.17, 15) is 13.6 Å². The highest BCUT2D eigenvalue weighted by atomic mass is 19.2. The van der Waals surface area contributed by atoms with Crippen molar-refractivity contribution >= 4 is 22.6 Å². The molecule has 0 radical (unpaired) electrons. The van der Waals surface area contributed by atoms with Crippen molar-refractivity contribution in [1.29, 1.82) is 0 Å². The highest BCUT2D eigenvalue weighted by Gasteiger charge is 2.25. The van der Waals surface area contributed by atoms with Crippen molar-refractivity contribution < 1.29 is 13.6 Å². The third kappa shape index (κ3) is 3.72. The number of amides is 1. The molecule has 1 saturated heterocycles. The van der Waals surface area contributed by atoms with Gasteiger partial charge in [0, 0.05) is 48.8 Å². The molecule has 0 unspecified atom stereocenters. The van der Waals surface area contributed by atoms with Gasteiger partial charge in [-0.3, -0.25) is 14.8 Å². The van der Waals surface area contributed by atoms with Gasteiger partial charge in [-0.1, -0.05) is 0 Å². The number of carbonyl (C=O) groups is 1. The molecule has 3 aromatic rings. The summed E-state index contributed by atoms with van der Waals surface area (Å²) in [6.07, 6.45) is 4.90. The first-order chi connectivity index (χ1) is 13.1. The van der Waals surface area contributed by atoms with E-state index < -0.39 is 11.6 Å². The lowest BCUT2D eigenvalue weighted by molar-refractivity contribution is 0.0715. The first kappa shape index (κ1) is 17.3. The Morgan fingerprint density at radius 3 is 2.67 bits per heavy atom. The zero-order valence-corrected chi connectivity index (χ0v) is 14.5. The molecule has 1 aromatic heterocycles. The fourth-order valence-corrected chi connectivity index (χ4v) is 3.38. The molecule has 1 atom stereocenters. The van der Waals surface area contributed by atoms with Crippen molar-refractivity contribution in [2.75, 3.05) is 18.4 Å². The summed E-state index contributed by atoms with van der Waals surface area (Å²) in [5, 5.41) is 3.19. The summed E-state index contributed by atoms with van der Waals surface area (Å²) < 4.78 is 26.5. The molecule has 27 heavy (non-hydrogen) atoms. The number of carbonyl (C=O) groups excluding carboxylic acids is 1. The number of benzene rings is 2. The van der Waals surface area contributed by atoms with Crippen LogP contribution in [0.2, 0.25) is 0 Å². The van der Waals surface area contributed by atoms with E-state index in [4.69, 9.17) is 0 Å². The smallest absolute Gasteiger partial charge is 0.254 e. The molecule has 1 aliphatic heterocycles. The minimum Gasteiger partial charge on any atom is -0.380 e. The van der Waals surface area contributed by atoms with Crippen LogP contribution in [0.4, 0.5) is 14.5 Å². The molecule has 0 aliphatic carbocycles. The van der Waals surface area contributed by atoms with Gasteiger partial charge in [0.05, 0.1) is 11.0 Å². The Balaban J connectivity index is 1.48. The van der Waals surface area contributed by atoms with E-state index in [0.717, 1.165) is 30.5 Å². The van der Waals surface area contributed by atoms with E-state index >= 15 is 0 Å². The number of likely N-dealkylation sites (tertiary alicyclic amines) is 1. The van der Waals surface area contributed by atoms with Crippen LogP contribution < -0.4 is 5.32 Å². The lowest BCUT2D eigenvalue weighted by Crippen LogP contribution is -2.45. The Hall–Kier alpha value is -3.09. The Morgan fingerprint density at radius 2 is 1.85 bits per heavy atom. The summed E-state index contributed by atoms with van der Waals surface area (Å²) >= 11 is 0. The summed E-state index contributed by atoms with van der Waals surface area (Å²) in [5.74, 6) is -1.83. The molecule has 1 fully saturated rings. The predicted octanol–water partition coefficient (Wildman–Crippen LogP) is 3.62. The van der Waals surface area contributed by atoms with Gasteiger partial charge in [-0.25, -0.2) is 8.78 Å². The Morgan fingerprint density at radius 1 is 1.04 bits per heavy atom. The molecule has 2 aromatic carbocycles. The fraction of sp³-hybridized carbons (Fsp3) is 0.250. The van der Waals surface area contributed by atoms with Crippen molar-refractivity contribution in [2.45, 2.75) is 18.9 Å². The van der Waals surface area contributed by atoms with Gasteiger partial charge in [-0.15, -0.1) is 0 Å². The lowest BCUT2D eigenvalue weighted by Gasteiger charge is -2.33. The summed E-state index contributed by atoms with van der Waals surface area (Å²) in [5.41, 5.74) is 2.49. The molecule has 7 heteroatoms. The van der Waals surface area contributed by atoms with Crippen LogP contribution in [0.25, 0.3) is 11.0 Å². The van der Waals surface area contributed by atoms with Crippen LogP contribution in [0, 0.1) is 11.6 Å². The van der Waals surface area contributed by atoms with E-state index in [1.165, 1.54) is 6.07 Å². The molecular formula is C20H18F2N4O. The lowest BCUT2D eigenvalue weighted by atomic mass is 10.0. The van der Waals surface area contributed by atoms with Crippen molar-refractivity contribution in [1.82, 2.24) is 14.9 Å². The zero-order chi connectivity index (χ0) is 18.8. The van der Waals surface area contributed by atoms with Crippen LogP contribution in [0.3, 0.4) is 0 Å². The minimum atomic E-state index is -0.888. The average molecular weight is 368 g/mol. The van der Waals surface area contributed by atoms with Gasteiger partial charge >= 0.3 is 0 Å². The molecule has 1 aliphatic rings. The Bertz CT molecular complexity index is 995. The van der Waals surface area contributed by atoms with E-state index in [1.54, 1.807) is 35.5 Å². The highest BCUT2D eigenvalue weighted by molar-refractivity contribution is 5.97. The molecule has 0 bridgehead atoms. The van der Waals surface area contributed by atoms with Crippen molar-refractivity contribution in [3.8, 4) is 0 Å². The molecule has 1 amide bonds. The minimum absolute atomic E-state index is 0.0205. The van der Waals surface area contributed by atoms with Gasteiger partial charge in [0.15, 0.2) is 11.6 Å². The van der Waals surface area contributed by atoms with E-state index in [-0.39, 0.29) is 11.9 Å². The van der Waals surface area contributed by atoms with Gasteiger partial charge in [-0.05, 0) is 43.2 Å². The molecule has 138 valence electrons. The maximum absolute atomic E-state index is 13.4. The van der Waals surface area contributed by atoms with E-state index in [2.05, 4.69) is 15.3 Å². The number of aromatic nitrogens is 2.